The number of rotatable bonds is 2. The standard InChI is InChI=1S/C9H11ClN2O/c1-5-2-6(8(13)4-10)9(12)7(11)3-5/h2-3H,4,11-12H2,1H3. The molecule has 1 aromatic carbocycles. The van der Waals surface area contributed by atoms with Gasteiger partial charge in [0.1, 0.15) is 0 Å². The molecule has 13 heavy (non-hydrogen) atoms. The lowest BCUT2D eigenvalue weighted by Gasteiger charge is -2.07. The minimum absolute atomic E-state index is 0.0763. The van der Waals surface area contributed by atoms with Crippen LogP contribution >= 0.6 is 11.6 Å². The minimum atomic E-state index is -0.199. The molecular weight excluding hydrogens is 188 g/mol. The van der Waals surface area contributed by atoms with E-state index in [4.69, 9.17) is 23.1 Å². The number of carbonyl (C=O) groups excluding carboxylic acids is 1. The Morgan fingerprint density at radius 1 is 1.46 bits per heavy atom. The maximum Gasteiger partial charge on any atom is 0.179 e. The van der Waals surface area contributed by atoms with E-state index >= 15 is 0 Å². The Kier molecular flexibility index (Phi) is 2.78. The highest BCUT2D eigenvalue weighted by Crippen LogP contribution is 2.22. The van der Waals surface area contributed by atoms with Crippen molar-refractivity contribution in [2.24, 2.45) is 0 Å². The molecule has 0 atom stereocenters. The molecular formula is C9H11ClN2O. The van der Waals surface area contributed by atoms with E-state index in [1.165, 1.54) is 0 Å². The number of aryl methyl sites for hydroxylation is 1. The summed E-state index contributed by atoms with van der Waals surface area (Å²) in [4.78, 5) is 11.3. The van der Waals surface area contributed by atoms with Crippen LogP contribution < -0.4 is 11.5 Å². The molecule has 0 saturated carbocycles. The largest absolute Gasteiger partial charge is 0.397 e. The fraction of sp³-hybridized carbons (Fsp3) is 0.222. The molecule has 4 N–H and O–H groups in total. The molecule has 0 amide bonds. The molecule has 0 unspecified atom stereocenters. The van der Waals surface area contributed by atoms with E-state index in [1.807, 2.05) is 6.92 Å². The van der Waals surface area contributed by atoms with Gasteiger partial charge < -0.3 is 11.5 Å². The number of anilines is 2. The summed E-state index contributed by atoms with van der Waals surface area (Å²) in [5.74, 6) is -0.276. The van der Waals surface area contributed by atoms with Crippen molar-refractivity contribution in [2.45, 2.75) is 6.92 Å². The molecule has 0 aliphatic carbocycles. The van der Waals surface area contributed by atoms with Crippen LogP contribution in [0.1, 0.15) is 15.9 Å². The topological polar surface area (TPSA) is 69.1 Å². The van der Waals surface area contributed by atoms with Crippen LogP contribution in [0.2, 0.25) is 0 Å². The number of hydrogen-bond donors (Lipinski definition) is 2. The predicted octanol–water partition coefficient (Wildman–Crippen LogP) is 1.58. The molecule has 0 aliphatic heterocycles. The van der Waals surface area contributed by atoms with E-state index in [0.717, 1.165) is 5.56 Å². The van der Waals surface area contributed by atoms with Gasteiger partial charge in [-0.15, -0.1) is 11.6 Å². The zero-order chi connectivity index (χ0) is 10.0. The number of alkyl halides is 1. The normalized spacial score (nSPS) is 10.0. The monoisotopic (exact) mass is 198 g/mol. The number of halogens is 1. The smallest absolute Gasteiger partial charge is 0.179 e. The van der Waals surface area contributed by atoms with Crippen molar-refractivity contribution in [1.29, 1.82) is 0 Å². The van der Waals surface area contributed by atoms with Gasteiger partial charge in [-0.2, -0.15) is 0 Å². The number of Topliss-reactive ketones (excluding diaryl/α,β-unsaturated/α-hetero) is 1. The van der Waals surface area contributed by atoms with Crippen LogP contribution in [0, 0.1) is 6.92 Å². The second-order valence-electron chi connectivity index (χ2n) is 2.87. The third-order valence-corrected chi connectivity index (χ3v) is 2.02. The third kappa shape index (κ3) is 1.92. The molecule has 0 spiro atoms. The number of hydrogen-bond acceptors (Lipinski definition) is 3. The molecule has 1 rings (SSSR count). The third-order valence-electron chi connectivity index (χ3n) is 1.78. The number of benzene rings is 1. The molecule has 1 aromatic rings. The first-order chi connectivity index (χ1) is 6.06. The van der Waals surface area contributed by atoms with Gasteiger partial charge in [-0.1, -0.05) is 0 Å². The molecule has 0 fully saturated rings. The van der Waals surface area contributed by atoms with Gasteiger partial charge in [0, 0.05) is 5.56 Å². The quantitative estimate of drug-likeness (QED) is 0.431. The molecule has 4 heteroatoms. The first-order valence-corrected chi connectivity index (χ1v) is 4.34. The van der Waals surface area contributed by atoms with E-state index in [0.29, 0.717) is 16.9 Å². The summed E-state index contributed by atoms with van der Waals surface area (Å²) < 4.78 is 0. The molecule has 0 aliphatic rings. The number of nitrogen functional groups attached to an aromatic ring is 2. The predicted molar refractivity (Wildman–Crippen MR) is 55.1 cm³/mol. The van der Waals surface area contributed by atoms with Crippen LogP contribution in [0.25, 0.3) is 0 Å². The van der Waals surface area contributed by atoms with Crippen LogP contribution in [-0.2, 0) is 0 Å². The lowest BCUT2D eigenvalue weighted by molar-refractivity contribution is 0.102. The van der Waals surface area contributed by atoms with Crippen molar-refractivity contribution in [3.63, 3.8) is 0 Å². The molecule has 0 bridgehead atoms. The number of carbonyl (C=O) groups is 1. The van der Waals surface area contributed by atoms with Crippen molar-refractivity contribution in [1.82, 2.24) is 0 Å². The van der Waals surface area contributed by atoms with Crippen molar-refractivity contribution in [2.75, 3.05) is 17.3 Å². The second-order valence-corrected chi connectivity index (χ2v) is 3.14. The van der Waals surface area contributed by atoms with Gasteiger partial charge in [0.2, 0.25) is 0 Å². The van der Waals surface area contributed by atoms with Crippen molar-refractivity contribution < 1.29 is 4.79 Å². The Morgan fingerprint density at radius 3 is 2.62 bits per heavy atom. The zero-order valence-electron chi connectivity index (χ0n) is 7.30. The maximum absolute atomic E-state index is 11.3. The number of nitrogens with two attached hydrogens (primary N) is 2. The van der Waals surface area contributed by atoms with Gasteiger partial charge in [0.15, 0.2) is 5.78 Å². The Balaban J connectivity index is 3.28. The van der Waals surface area contributed by atoms with Crippen LogP contribution in [0.3, 0.4) is 0 Å². The summed E-state index contributed by atoms with van der Waals surface area (Å²) in [6, 6.07) is 3.41. The van der Waals surface area contributed by atoms with Gasteiger partial charge in [0.05, 0.1) is 17.3 Å². The minimum Gasteiger partial charge on any atom is -0.397 e. The lowest BCUT2D eigenvalue weighted by Crippen LogP contribution is -2.08. The van der Waals surface area contributed by atoms with Gasteiger partial charge in [-0.05, 0) is 24.6 Å². The highest BCUT2D eigenvalue weighted by molar-refractivity contribution is 6.31. The SMILES string of the molecule is Cc1cc(N)c(N)c(C(=O)CCl)c1. The average Bonchev–Trinajstić information content (AvgIpc) is 2.10. The molecule has 0 radical (unpaired) electrons. The summed E-state index contributed by atoms with van der Waals surface area (Å²) in [6.07, 6.45) is 0. The Bertz CT molecular complexity index is 350. The van der Waals surface area contributed by atoms with Crippen LogP contribution in [0.5, 0.6) is 0 Å². The summed E-state index contributed by atoms with van der Waals surface area (Å²) in [6.45, 7) is 1.85. The summed E-state index contributed by atoms with van der Waals surface area (Å²) in [5, 5.41) is 0. The van der Waals surface area contributed by atoms with Crippen LogP contribution in [0.15, 0.2) is 12.1 Å². The highest BCUT2D eigenvalue weighted by Gasteiger charge is 2.10. The summed E-state index contributed by atoms with van der Waals surface area (Å²) in [7, 11) is 0. The summed E-state index contributed by atoms with van der Waals surface area (Å²) in [5.41, 5.74) is 13.3. The van der Waals surface area contributed by atoms with Crippen molar-refractivity contribution in [3.8, 4) is 0 Å². The van der Waals surface area contributed by atoms with E-state index < -0.39 is 0 Å². The molecule has 3 nitrogen and oxygen atoms in total. The van der Waals surface area contributed by atoms with Gasteiger partial charge >= 0.3 is 0 Å². The van der Waals surface area contributed by atoms with Gasteiger partial charge in [-0.3, -0.25) is 4.79 Å². The Labute approximate surface area is 81.7 Å². The van der Waals surface area contributed by atoms with Gasteiger partial charge in [-0.25, -0.2) is 0 Å². The maximum atomic E-state index is 11.3. The molecule has 70 valence electrons. The van der Waals surface area contributed by atoms with E-state index in [1.54, 1.807) is 12.1 Å². The first kappa shape index (κ1) is 9.86. The van der Waals surface area contributed by atoms with Crippen molar-refractivity contribution >= 4 is 28.8 Å². The molecule has 0 heterocycles. The lowest BCUT2D eigenvalue weighted by atomic mass is 10.0. The van der Waals surface area contributed by atoms with E-state index in [2.05, 4.69) is 0 Å². The number of ketones is 1. The average molecular weight is 199 g/mol. The Hall–Kier alpha value is -1.22. The second kappa shape index (κ2) is 3.66. The Morgan fingerprint density at radius 2 is 2.08 bits per heavy atom. The van der Waals surface area contributed by atoms with Crippen LogP contribution in [-0.4, -0.2) is 11.7 Å². The fourth-order valence-corrected chi connectivity index (χ4v) is 1.27. The van der Waals surface area contributed by atoms with Crippen LogP contribution in [0.4, 0.5) is 11.4 Å². The first-order valence-electron chi connectivity index (χ1n) is 3.81. The molecule has 0 saturated heterocycles. The molecule has 0 aromatic heterocycles. The zero-order valence-corrected chi connectivity index (χ0v) is 8.06. The fourth-order valence-electron chi connectivity index (χ4n) is 1.13. The van der Waals surface area contributed by atoms with Gasteiger partial charge in [0.25, 0.3) is 0 Å². The summed E-state index contributed by atoms with van der Waals surface area (Å²) >= 11 is 5.42. The van der Waals surface area contributed by atoms with Crippen molar-refractivity contribution in [3.05, 3.63) is 23.3 Å². The highest BCUT2D eigenvalue weighted by atomic mass is 35.5. The van der Waals surface area contributed by atoms with E-state index in [-0.39, 0.29) is 11.7 Å². The van der Waals surface area contributed by atoms with E-state index in [9.17, 15) is 4.79 Å².